The third-order valence-corrected chi connectivity index (χ3v) is 7.26. The van der Waals surface area contributed by atoms with Gasteiger partial charge in [0, 0.05) is 60.1 Å². The van der Waals surface area contributed by atoms with Crippen LogP contribution in [0.1, 0.15) is 80.2 Å². The first kappa shape index (κ1) is 27.6. The van der Waals surface area contributed by atoms with Crippen molar-refractivity contribution in [3.05, 3.63) is 65.2 Å². The zero-order valence-electron chi connectivity index (χ0n) is 23.2. The molecule has 1 aliphatic heterocycles. The molecule has 1 saturated heterocycles. The number of urea groups is 1. The van der Waals surface area contributed by atoms with Crippen LogP contribution >= 0.6 is 0 Å². The highest BCUT2D eigenvalue weighted by atomic mass is 16.2. The van der Waals surface area contributed by atoms with Crippen LogP contribution in [-0.2, 0) is 6.54 Å². The SMILES string of the molecule is C[C@@H]1CN(C(=O)c2ccc(NC(=O)NC3CCC3)cc2)C[C@H](C)N1Cc1cccc(C(=O)NC(C)(C)C)c1. The highest BCUT2D eigenvalue weighted by molar-refractivity contribution is 5.96. The second kappa shape index (κ2) is 11.6. The van der Waals surface area contributed by atoms with Crippen molar-refractivity contribution in [3.63, 3.8) is 0 Å². The third kappa shape index (κ3) is 7.13. The van der Waals surface area contributed by atoms with Crippen molar-refractivity contribution in [3.8, 4) is 0 Å². The van der Waals surface area contributed by atoms with Gasteiger partial charge in [-0.25, -0.2) is 4.79 Å². The number of rotatable bonds is 6. The van der Waals surface area contributed by atoms with Gasteiger partial charge in [0.25, 0.3) is 11.8 Å². The van der Waals surface area contributed by atoms with Gasteiger partial charge in [-0.2, -0.15) is 0 Å². The van der Waals surface area contributed by atoms with Crippen molar-refractivity contribution in [2.45, 2.75) is 84.1 Å². The first-order chi connectivity index (χ1) is 18.0. The Hall–Kier alpha value is -3.39. The molecule has 8 heteroatoms. The van der Waals surface area contributed by atoms with E-state index < -0.39 is 0 Å². The summed E-state index contributed by atoms with van der Waals surface area (Å²) in [6, 6.07) is 15.3. The summed E-state index contributed by atoms with van der Waals surface area (Å²) in [6.45, 7) is 12.1. The molecule has 0 bridgehead atoms. The van der Waals surface area contributed by atoms with Crippen LogP contribution in [0.15, 0.2) is 48.5 Å². The highest BCUT2D eigenvalue weighted by Gasteiger charge is 2.32. The Morgan fingerprint density at radius 2 is 1.58 bits per heavy atom. The maximum absolute atomic E-state index is 13.3. The number of nitrogens with zero attached hydrogens (tertiary/aromatic N) is 2. The van der Waals surface area contributed by atoms with E-state index in [9.17, 15) is 14.4 Å². The second-order valence-corrected chi connectivity index (χ2v) is 11.8. The fourth-order valence-electron chi connectivity index (χ4n) is 5.05. The van der Waals surface area contributed by atoms with E-state index in [1.54, 1.807) is 24.3 Å². The average Bonchev–Trinajstić information content (AvgIpc) is 2.83. The molecule has 4 rings (SSSR count). The number of carbonyl (C=O) groups is 3. The molecule has 2 atom stereocenters. The summed E-state index contributed by atoms with van der Waals surface area (Å²) in [5.74, 6) is -0.0780. The van der Waals surface area contributed by atoms with Gasteiger partial charge in [-0.05, 0) is 95.8 Å². The van der Waals surface area contributed by atoms with Crippen LogP contribution < -0.4 is 16.0 Å². The minimum absolute atomic E-state index is 0.00494. The predicted octanol–water partition coefficient (Wildman–Crippen LogP) is 4.62. The van der Waals surface area contributed by atoms with Gasteiger partial charge in [-0.15, -0.1) is 0 Å². The number of benzene rings is 2. The third-order valence-electron chi connectivity index (χ3n) is 7.26. The molecule has 204 valence electrons. The van der Waals surface area contributed by atoms with E-state index >= 15 is 0 Å². The van der Waals surface area contributed by atoms with E-state index in [4.69, 9.17) is 0 Å². The zero-order valence-corrected chi connectivity index (χ0v) is 23.2. The molecule has 0 spiro atoms. The summed E-state index contributed by atoms with van der Waals surface area (Å²) >= 11 is 0. The molecule has 1 heterocycles. The van der Waals surface area contributed by atoms with Crippen LogP contribution in [0.3, 0.4) is 0 Å². The summed E-state index contributed by atoms with van der Waals surface area (Å²) in [5.41, 5.74) is 2.73. The molecule has 1 aliphatic carbocycles. The van der Waals surface area contributed by atoms with Crippen LogP contribution in [0, 0.1) is 0 Å². The van der Waals surface area contributed by atoms with E-state index in [0.717, 1.165) is 24.8 Å². The number of anilines is 1. The predicted molar refractivity (Wildman–Crippen MR) is 150 cm³/mol. The fourth-order valence-corrected chi connectivity index (χ4v) is 5.05. The number of carbonyl (C=O) groups excluding carboxylic acids is 3. The number of nitrogens with one attached hydrogen (secondary N) is 3. The van der Waals surface area contributed by atoms with Crippen molar-refractivity contribution in [2.24, 2.45) is 0 Å². The largest absolute Gasteiger partial charge is 0.347 e. The van der Waals surface area contributed by atoms with Crippen molar-refractivity contribution >= 4 is 23.5 Å². The quantitative estimate of drug-likeness (QED) is 0.519. The van der Waals surface area contributed by atoms with E-state index in [2.05, 4.69) is 34.7 Å². The van der Waals surface area contributed by atoms with Crippen molar-refractivity contribution in [1.82, 2.24) is 20.4 Å². The van der Waals surface area contributed by atoms with Gasteiger partial charge >= 0.3 is 6.03 Å². The van der Waals surface area contributed by atoms with E-state index in [1.165, 1.54) is 0 Å². The van der Waals surface area contributed by atoms with Gasteiger partial charge in [0.05, 0.1) is 0 Å². The molecule has 0 unspecified atom stereocenters. The molecule has 38 heavy (non-hydrogen) atoms. The van der Waals surface area contributed by atoms with Crippen LogP contribution in [-0.4, -0.2) is 64.4 Å². The van der Waals surface area contributed by atoms with Gasteiger partial charge in [-0.3, -0.25) is 14.5 Å². The minimum Gasteiger partial charge on any atom is -0.347 e. The first-order valence-electron chi connectivity index (χ1n) is 13.6. The van der Waals surface area contributed by atoms with Gasteiger partial charge in [-0.1, -0.05) is 12.1 Å². The molecule has 3 N–H and O–H groups in total. The molecule has 2 fully saturated rings. The summed E-state index contributed by atoms with van der Waals surface area (Å²) in [5, 5.41) is 8.82. The molecule has 0 radical (unpaired) electrons. The smallest absolute Gasteiger partial charge is 0.319 e. The van der Waals surface area contributed by atoms with Gasteiger partial charge in [0.15, 0.2) is 0 Å². The standard InChI is InChI=1S/C30H41N5O3/c1-20-17-34(28(37)23-12-14-26(15-13-23)32-29(38)31-25-10-7-11-25)18-21(2)35(20)19-22-8-6-9-24(16-22)27(36)33-30(3,4)5/h6,8-9,12-16,20-21,25H,7,10-11,17-19H2,1-5H3,(H,33,36)(H2,31,32,38)/t20-,21+. The molecular weight excluding hydrogens is 478 g/mol. The number of hydrogen-bond donors (Lipinski definition) is 3. The molecule has 4 amide bonds. The Balaban J connectivity index is 1.33. The summed E-state index contributed by atoms with van der Waals surface area (Å²) < 4.78 is 0. The lowest BCUT2D eigenvalue weighted by atomic mass is 9.93. The normalized spacial score (nSPS) is 20.4. The summed E-state index contributed by atoms with van der Waals surface area (Å²) in [4.78, 5) is 42.3. The number of amides is 4. The Morgan fingerprint density at radius 1 is 0.921 bits per heavy atom. The van der Waals surface area contributed by atoms with Crippen LogP contribution in [0.2, 0.25) is 0 Å². The topological polar surface area (TPSA) is 93.8 Å². The highest BCUT2D eigenvalue weighted by Crippen LogP contribution is 2.22. The lowest BCUT2D eigenvalue weighted by molar-refractivity contribution is 0.0269. The maximum atomic E-state index is 13.3. The molecule has 1 saturated carbocycles. The number of hydrogen-bond acceptors (Lipinski definition) is 4. The van der Waals surface area contributed by atoms with E-state index in [-0.39, 0.29) is 41.5 Å². The monoisotopic (exact) mass is 519 g/mol. The summed E-state index contributed by atoms with van der Waals surface area (Å²) in [6.07, 6.45) is 3.23. The van der Waals surface area contributed by atoms with E-state index in [1.807, 2.05) is 49.9 Å². The van der Waals surface area contributed by atoms with Crippen molar-refractivity contribution in [2.75, 3.05) is 18.4 Å². The molecular formula is C30H41N5O3. The molecule has 2 aliphatic rings. The molecule has 2 aromatic rings. The lowest BCUT2D eigenvalue weighted by Gasteiger charge is -2.44. The Bertz CT molecular complexity index is 1140. The van der Waals surface area contributed by atoms with Crippen LogP contribution in [0.25, 0.3) is 0 Å². The zero-order chi connectivity index (χ0) is 27.4. The van der Waals surface area contributed by atoms with Gasteiger partial charge in [0.2, 0.25) is 0 Å². The van der Waals surface area contributed by atoms with Crippen molar-refractivity contribution < 1.29 is 14.4 Å². The molecule has 2 aromatic carbocycles. The van der Waals surface area contributed by atoms with Gasteiger partial charge < -0.3 is 20.9 Å². The summed E-state index contributed by atoms with van der Waals surface area (Å²) in [7, 11) is 0. The van der Waals surface area contributed by atoms with Crippen LogP contribution in [0.5, 0.6) is 0 Å². The second-order valence-electron chi connectivity index (χ2n) is 11.8. The van der Waals surface area contributed by atoms with Gasteiger partial charge in [0.1, 0.15) is 0 Å². The number of piperazine rings is 1. The van der Waals surface area contributed by atoms with Crippen LogP contribution in [0.4, 0.5) is 10.5 Å². The lowest BCUT2D eigenvalue weighted by Crippen LogP contribution is -2.57. The Morgan fingerprint density at radius 3 is 2.16 bits per heavy atom. The van der Waals surface area contributed by atoms with Crippen molar-refractivity contribution in [1.29, 1.82) is 0 Å². The average molecular weight is 520 g/mol. The Kier molecular flexibility index (Phi) is 8.41. The molecule has 0 aromatic heterocycles. The maximum Gasteiger partial charge on any atom is 0.319 e. The first-order valence-corrected chi connectivity index (χ1v) is 13.6. The molecule has 8 nitrogen and oxygen atoms in total. The fraction of sp³-hybridized carbons (Fsp3) is 0.500. The minimum atomic E-state index is -0.292. The Labute approximate surface area is 226 Å². The van der Waals surface area contributed by atoms with E-state index in [0.29, 0.717) is 36.4 Å².